The lowest BCUT2D eigenvalue weighted by atomic mass is 9.71. The van der Waals surface area contributed by atoms with Crippen molar-refractivity contribution in [2.75, 3.05) is 13.7 Å². The number of hydrogen-bond donors (Lipinski definition) is 1. The Morgan fingerprint density at radius 3 is 2.68 bits per heavy atom. The van der Waals surface area contributed by atoms with Crippen molar-refractivity contribution < 1.29 is 4.74 Å². The predicted molar refractivity (Wildman–Crippen MR) is 80.5 cm³/mol. The summed E-state index contributed by atoms with van der Waals surface area (Å²) >= 11 is 0. The largest absolute Gasteiger partial charge is 0.377 e. The maximum Gasteiger partial charge on any atom is 0.0746 e. The van der Waals surface area contributed by atoms with Gasteiger partial charge in [0, 0.05) is 19.7 Å². The van der Waals surface area contributed by atoms with E-state index in [1.54, 1.807) is 7.11 Å². The normalized spacial score (nSPS) is 22.1. The third-order valence-corrected chi connectivity index (χ3v) is 4.45. The summed E-state index contributed by atoms with van der Waals surface area (Å²) in [4.78, 5) is 0. The Morgan fingerprint density at radius 1 is 1.32 bits per heavy atom. The molecular formula is C17H27NO. The molecule has 19 heavy (non-hydrogen) atoms. The summed E-state index contributed by atoms with van der Waals surface area (Å²) in [5.41, 5.74) is 3.15. The number of fused-ring (bicyclic) bond motifs is 1. The third-order valence-electron chi connectivity index (χ3n) is 4.45. The molecular weight excluding hydrogens is 234 g/mol. The van der Waals surface area contributed by atoms with Crippen molar-refractivity contribution >= 4 is 0 Å². The Bertz CT molecular complexity index is 437. The molecule has 106 valence electrons. The van der Waals surface area contributed by atoms with E-state index in [2.05, 4.69) is 57.3 Å². The van der Waals surface area contributed by atoms with Crippen molar-refractivity contribution in [1.29, 1.82) is 0 Å². The Morgan fingerprint density at radius 2 is 2.00 bits per heavy atom. The Hall–Kier alpha value is -0.860. The first-order valence-electron chi connectivity index (χ1n) is 7.24. The number of rotatable bonds is 4. The van der Waals surface area contributed by atoms with Crippen LogP contribution in [-0.2, 0) is 10.2 Å². The van der Waals surface area contributed by atoms with Gasteiger partial charge in [0.1, 0.15) is 0 Å². The maximum atomic E-state index is 5.50. The number of nitrogens with one attached hydrogen (secondary N) is 1. The van der Waals surface area contributed by atoms with Crippen LogP contribution in [0.15, 0.2) is 24.3 Å². The van der Waals surface area contributed by atoms with E-state index < -0.39 is 0 Å². The molecule has 0 radical (unpaired) electrons. The summed E-state index contributed by atoms with van der Waals surface area (Å²) in [6.07, 6.45) is 2.43. The highest BCUT2D eigenvalue weighted by atomic mass is 16.5. The first-order chi connectivity index (χ1) is 8.86. The van der Waals surface area contributed by atoms with Crippen LogP contribution in [0.2, 0.25) is 0 Å². The van der Waals surface area contributed by atoms with Gasteiger partial charge in [0.15, 0.2) is 0 Å². The average molecular weight is 261 g/mol. The summed E-state index contributed by atoms with van der Waals surface area (Å²) < 4.78 is 5.50. The van der Waals surface area contributed by atoms with Crippen molar-refractivity contribution in [2.24, 2.45) is 0 Å². The molecule has 0 amide bonds. The van der Waals surface area contributed by atoms with Crippen LogP contribution in [0.4, 0.5) is 0 Å². The van der Waals surface area contributed by atoms with Crippen LogP contribution in [0.5, 0.6) is 0 Å². The smallest absolute Gasteiger partial charge is 0.0746 e. The molecule has 1 aliphatic carbocycles. The zero-order chi connectivity index (χ0) is 14.1. The SMILES string of the molecule is COC(C)(C)CNC1CCC(C)(C)c2ccccc21. The number of methoxy groups -OCH3 is 1. The van der Waals surface area contributed by atoms with Crippen molar-refractivity contribution in [3.8, 4) is 0 Å². The molecule has 0 saturated carbocycles. The van der Waals surface area contributed by atoms with E-state index in [0.29, 0.717) is 11.5 Å². The summed E-state index contributed by atoms with van der Waals surface area (Å²) in [6.45, 7) is 9.82. The molecule has 1 aromatic carbocycles. The lowest BCUT2D eigenvalue weighted by molar-refractivity contribution is 0.0203. The van der Waals surface area contributed by atoms with Crippen molar-refractivity contribution in [2.45, 2.75) is 57.6 Å². The highest BCUT2D eigenvalue weighted by Gasteiger charge is 2.32. The van der Waals surface area contributed by atoms with Crippen LogP contribution in [0, 0.1) is 0 Å². The van der Waals surface area contributed by atoms with Crippen LogP contribution >= 0.6 is 0 Å². The summed E-state index contributed by atoms with van der Waals surface area (Å²) in [7, 11) is 1.78. The molecule has 2 rings (SSSR count). The summed E-state index contributed by atoms with van der Waals surface area (Å²) in [5.74, 6) is 0. The Balaban J connectivity index is 2.17. The van der Waals surface area contributed by atoms with Crippen LogP contribution in [0.25, 0.3) is 0 Å². The van der Waals surface area contributed by atoms with Crippen molar-refractivity contribution in [1.82, 2.24) is 5.32 Å². The molecule has 0 heterocycles. The van der Waals surface area contributed by atoms with Crippen LogP contribution < -0.4 is 5.32 Å². The van der Waals surface area contributed by atoms with Crippen LogP contribution in [0.1, 0.15) is 57.7 Å². The van der Waals surface area contributed by atoms with Gasteiger partial charge in [-0.3, -0.25) is 0 Å². The standard InChI is InChI=1S/C17H27NO/c1-16(2)11-10-15(18-12-17(3,4)19-5)13-8-6-7-9-14(13)16/h6-9,15,18H,10-12H2,1-5H3. The van der Waals surface area contributed by atoms with E-state index in [-0.39, 0.29) is 5.60 Å². The van der Waals surface area contributed by atoms with Gasteiger partial charge in [-0.25, -0.2) is 0 Å². The van der Waals surface area contributed by atoms with E-state index in [9.17, 15) is 0 Å². The van der Waals surface area contributed by atoms with E-state index in [0.717, 1.165) is 6.54 Å². The second-order valence-electron chi connectivity index (χ2n) is 6.91. The van der Waals surface area contributed by atoms with E-state index in [4.69, 9.17) is 4.74 Å². The van der Waals surface area contributed by atoms with Crippen molar-refractivity contribution in [3.63, 3.8) is 0 Å². The average Bonchev–Trinajstić information content (AvgIpc) is 2.38. The fraction of sp³-hybridized carbons (Fsp3) is 0.647. The Labute approximate surface area is 117 Å². The van der Waals surface area contributed by atoms with Gasteiger partial charge in [0.2, 0.25) is 0 Å². The summed E-state index contributed by atoms with van der Waals surface area (Å²) in [5, 5.41) is 3.68. The maximum absolute atomic E-state index is 5.50. The van der Waals surface area contributed by atoms with Crippen molar-refractivity contribution in [3.05, 3.63) is 35.4 Å². The molecule has 0 saturated heterocycles. The fourth-order valence-corrected chi connectivity index (χ4v) is 2.87. The molecule has 1 N–H and O–H groups in total. The topological polar surface area (TPSA) is 21.3 Å². The lowest BCUT2D eigenvalue weighted by Crippen LogP contribution is -2.41. The molecule has 1 aliphatic rings. The van der Waals surface area contributed by atoms with Crippen LogP contribution in [-0.4, -0.2) is 19.3 Å². The molecule has 1 atom stereocenters. The minimum Gasteiger partial charge on any atom is -0.377 e. The van der Waals surface area contributed by atoms with E-state index in [1.807, 2.05) is 0 Å². The lowest BCUT2D eigenvalue weighted by Gasteiger charge is -2.38. The molecule has 1 aromatic rings. The van der Waals surface area contributed by atoms with E-state index >= 15 is 0 Å². The molecule has 2 nitrogen and oxygen atoms in total. The fourth-order valence-electron chi connectivity index (χ4n) is 2.87. The van der Waals surface area contributed by atoms with Gasteiger partial charge >= 0.3 is 0 Å². The molecule has 0 bridgehead atoms. The second-order valence-corrected chi connectivity index (χ2v) is 6.91. The Kier molecular flexibility index (Phi) is 4.03. The third kappa shape index (κ3) is 3.18. The van der Waals surface area contributed by atoms with Gasteiger partial charge in [0.05, 0.1) is 5.60 Å². The molecule has 2 heteroatoms. The zero-order valence-corrected chi connectivity index (χ0v) is 12.9. The highest BCUT2D eigenvalue weighted by Crippen LogP contribution is 2.41. The number of benzene rings is 1. The highest BCUT2D eigenvalue weighted by molar-refractivity contribution is 5.38. The number of ether oxygens (including phenoxy) is 1. The van der Waals surface area contributed by atoms with Gasteiger partial charge in [-0.2, -0.15) is 0 Å². The van der Waals surface area contributed by atoms with Crippen LogP contribution in [0.3, 0.4) is 0 Å². The van der Waals surface area contributed by atoms with Gasteiger partial charge in [-0.05, 0) is 43.2 Å². The first-order valence-corrected chi connectivity index (χ1v) is 7.24. The molecule has 0 aromatic heterocycles. The van der Waals surface area contributed by atoms with E-state index in [1.165, 1.54) is 24.0 Å². The van der Waals surface area contributed by atoms with Gasteiger partial charge in [0.25, 0.3) is 0 Å². The zero-order valence-electron chi connectivity index (χ0n) is 12.9. The molecule has 0 spiro atoms. The predicted octanol–water partition coefficient (Wildman–Crippen LogP) is 3.81. The monoisotopic (exact) mass is 261 g/mol. The number of hydrogen-bond acceptors (Lipinski definition) is 2. The van der Waals surface area contributed by atoms with Gasteiger partial charge in [-0.15, -0.1) is 0 Å². The second kappa shape index (κ2) is 5.26. The molecule has 0 aliphatic heterocycles. The quantitative estimate of drug-likeness (QED) is 0.890. The minimum absolute atomic E-state index is 0.109. The van der Waals surface area contributed by atoms with Gasteiger partial charge in [-0.1, -0.05) is 38.1 Å². The minimum atomic E-state index is -0.109. The molecule has 1 unspecified atom stereocenters. The van der Waals surface area contributed by atoms with Gasteiger partial charge < -0.3 is 10.1 Å². The first kappa shape index (κ1) is 14.5. The summed E-state index contributed by atoms with van der Waals surface area (Å²) in [6, 6.07) is 9.32. The molecule has 0 fully saturated rings.